The number of carbonyl (C=O) groups is 2. The summed E-state index contributed by atoms with van der Waals surface area (Å²) in [6, 6.07) is 11.0. The Morgan fingerprint density at radius 3 is 2.66 bits per heavy atom. The van der Waals surface area contributed by atoms with Crippen molar-refractivity contribution in [1.29, 1.82) is 0 Å². The monoisotopic (exact) mass is 412 g/mol. The Bertz CT molecular complexity index is 1030. The first-order valence-electron chi connectivity index (χ1n) is 9.58. The largest absolute Gasteiger partial charge is 0.368 e. The van der Waals surface area contributed by atoms with Crippen molar-refractivity contribution in [2.75, 3.05) is 25.5 Å². The highest BCUT2D eigenvalue weighted by molar-refractivity contribution is 7.12. The summed E-state index contributed by atoms with van der Waals surface area (Å²) < 4.78 is 0. The molecule has 2 aromatic heterocycles. The van der Waals surface area contributed by atoms with Crippen LogP contribution in [-0.4, -0.2) is 46.9 Å². The summed E-state index contributed by atoms with van der Waals surface area (Å²) in [6.45, 7) is 1.23. The molecule has 0 unspecified atom stereocenters. The van der Waals surface area contributed by atoms with Gasteiger partial charge in [0.2, 0.25) is 5.91 Å². The van der Waals surface area contributed by atoms with Crippen LogP contribution in [0.3, 0.4) is 0 Å². The van der Waals surface area contributed by atoms with E-state index in [0.717, 1.165) is 16.7 Å². The minimum Gasteiger partial charge on any atom is -0.368 e. The summed E-state index contributed by atoms with van der Waals surface area (Å²) in [5, 5.41) is 13.0. The molecule has 1 aromatic carbocycles. The fraction of sp³-hybridized carbons (Fsp3) is 0.333. The van der Waals surface area contributed by atoms with Crippen molar-refractivity contribution in [2.45, 2.75) is 25.7 Å². The molecule has 0 atom stereocenters. The summed E-state index contributed by atoms with van der Waals surface area (Å²) >= 11 is 1.43. The molecule has 2 N–H and O–H groups in total. The van der Waals surface area contributed by atoms with Gasteiger partial charge >= 0.3 is 0 Å². The number of hydrogen-bond acceptors (Lipinski definition) is 6. The molecule has 0 aliphatic heterocycles. The molecule has 29 heavy (non-hydrogen) atoms. The zero-order valence-electron chi connectivity index (χ0n) is 16.3. The van der Waals surface area contributed by atoms with Gasteiger partial charge in [0, 0.05) is 38.4 Å². The third-order valence-corrected chi connectivity index (χ3v) is 5.59. The Morgan fingerprint density at radius 1 is 1.10 bits per heavy atom. The maximum Gasteiger partial charge on any atom is 0.272 e. The van der Waals surface area contributed by atoms with Crippen molar-refractivity contribution in [1.82, 2.24) is 15.1 Å². The Labute approximate surface area is 172 Å². The van der Waals surface area contributed by atoms with Gasteiger partial charge in [0.15, 0.2) is 11.6 Å². The fourth-order valence-electron chi connectivity index (χ4n) is 3.05. The third-order valence-electron chi connectivity index (χ3n) is 4.68. The summed E-state index contributed by atoms with van der Waals surface area (Å²) in [5.41, 5.74) is -0.214. The molecular formula is C21H24N4O3S. The lowest BCUT2D eigenvalue weighted by atomic mass is 10.1. The molecule has 0 bridgehead atoms. The maximum atomic E-state index is 12.2. The molecule has 7 nitrogen and oxygen atoms in total. The van der Waals surface area contributed by atoms with E-state index in [1.54, 1.807) is 18.0 Å². The summed E-state index contributed by atoms with van der Waals surface area (Å²) in [6.07, 6.45) is 2.07. The fourth-order valence-corrected chi connectivity index (χ4v) is 3.74. The van der Waals surface area contributed by atoms with Crippen molar-refractivity contribution in [3.05, 3.63) is 57.0 Å². The standard InChI is InChI=1S/C21H24N4O3S/c1-25(19(27)11-4-9-17(26)18-10-5-14-29-18)13-6-12-22-20-15-7-2-3-8-16(15)21(28)24-23-20/h2-3,5,7-8,10,14H,4,6,9,11-13H2,1H3,(H,22,23)(H,24,28). The second-order valence-corrected chi connectivity index (χ2v) is 7.74. The van der Waals surface area contributed by atoms with Gasteiger partial charge in [-0.05, 0) is 30.4 Å². The average molecular weight is 413 g/mol. The molecule has 0 saturated carbocycles. The second-order valence-electron chi connectivity index (χ2n) is 6.80. The number of anilines is 1. The lowest BCUT2D eigenvalue weighted by molar-refractivity contribution is -0.130. The average Bonchev–Trinajstić information content (AvgIpc) is 3.27. The number of carbonyl (C=O) groups excluding carboxylic acids is 2. The van der Waals surface area contributed by atoms with Gasteiger partial charge < -0.3 is 10.2 Å². The van der Waals surface area contributed by atoms with E-state index in [9.17, 15) is 14.4 Å². The molecule has 0 fully saturated rings. The highest BCUT2D eigenvalue weighted by Gasteiger charge is 2.12. The SMILES string of the molecule is CN(CCCNc1n[nH]c(=O)c2ccccc12)C(=O)CCCC(=O)c1cccs1. The van der Waals surface area contributed by atoms with E-state index >= 15 is 0 Å². The Morgan fingerprint density at radius 2 is 1.90 bits per heavy atom. The van der Waals surface area contributed by atoms with Crippen LogP contribution in [0.4, 0.5) is 5.82 Å². The van der Waals surface area contributed by atoms with E-state index < -0.39 is 0 Å². The summed E-state index contributed by atoms with van der Waals surface area (Å²) in [5.74, 6) is 0.762. The normalized spacial score (nSPS) is 10.8. The quantitative estimate of drug-likeness (QED) is 0.394. The van der Waals surface area contributed by atoms with Crippen molar-refractivity contribution >= 4 is 39.6 Å². The lowest BCUT2D eigenvalue weighted by Gasteiger charge is -2.17. The number of nitrogens with zero attached hydrogens (tertiary/aromatic N) is 2. The number of H-pyrrole nitrogens is 1. The molecule has 2 heterocycles. The van der Waals surface area contributed by atoms with Crippen molar-refractivity contribution in [2.24, 2.45) is 0 Å². The van der Waals surface area contributed by atoms with E-state index in [1.807, 2.05) is 35.7 Å². The predicted molar refractivity (Wildman–Crippen MR) is 116 cm³/mol. The van der Waals surface area contributed by atoms with Crippen LogP contribution in [0.15, 0.2) is 46.6 Å². The number of fused-ring (bicyclic) bond motifs is 1. The van der Waals surface area contributed by atoms with Crippen LogP contribution in [0.2, 0.25) is 0 Å². The highest BCUT2D eigenvalue weighted by Crippen LogP contribution is 2.16. The minimum absolute atomic E-state index is 0.0385. The first kappa shape index (κ1) is 20.7. The van der Waals surface area contributed by atoms with Crippen LogP contribution in [0, 0.1) is 0 Å². The van der Waals surface area contributed by atoms with Gasteiger partial charge in [-0.3, -0.25) is 14.4 Å². The number of thiophene rings is 1. The second kappa shape index (κ2) is 9.97. The number of amides is 1. The lowest BCUT2D eigenvalue weighted by Crippen LogP contribution is -2.28. The molecule has 0 aliphatic rings. The van der Waals surface area contributed by atoms with Gasteiger partial charge in [-0.2, -0.15) is 5.10 Å². The molecule has 8 heteroatoms. The van der Waals surface area contributed by atoms with Crippen LogP contribution in [0.25, 0.3) is 10.8 Å². The molecule has 152 valence electrons. The van der Waals surface area contributed by atoms with Crippen LogP contribution in [0.1, 0.15) is 35.4 Å². The van der Waals surface area contributed by atoms with E-state index in [1.165, 1.54) is 11.3 Å². The van der Waals surface area contributed by atoms with Gasteiger partial charge in [-0.1, -0.05) is 24.3 Å². The molecule has 3 aromatic rings. The molecule has 3 rings (SSSR count). The zero-order chi connectivity index (χ0) is 20.6. The Kier molecular flexibility index (Phi) is 7.13. The van der Waals surface area contributed by atoms with Gasteiger partial charge in [-0.25, -0.2) is 5.10 Å². The molecule has 0 aliphatic carbocycles. The number of nitrogens with one attached hydrogen (secondary N) is 2. The summed E-state index contributed by atoms with van der Waals surface area (Å²) in [7, 11) is 1.77. The minimum atomic E-state index is -0.214. The van der Waals surface area contributed by atoms with E-state index in [4.69, 9.17) is 0 Å². The smallest absolute Gasteiger partial charge is 0.272 e. The highest BCUT2D eigenvalue weighted by atomic mass is 32.1. The number of aromatic nitrogens is 2. The number of Topliss-reactive ketones (excluding diaryl/α,β-unsaturated/α-hetero) is 1. The van der Waals surface area contributed by atoms with Crippen LogP contribution in [0.5, 0.6) is 0 Å². The van der Waals surface area contributed by atoms with Crippen molar-refractivity contribution < 1.29 is 9.59 Å². The van der Waals surface area contributed by atoms with E-state index in [0.29, 0.717) is 43.6 Å². The molecule has 0 radical (unpaired) electrons. The number of ketones is 1. The van der Waals surface area contributed by atoms with Crippen molar-refractivity contribution in [3.63, 3.8) is 0 Å². The van der Waals surface area contributed by atoms with E-state index in [2.05, 4.69) is 15.5 Å². The number of benzene rings is 1. The molecule has 1 amide bonds. The topological polar surface area (TPSA) is 95.2 Å². The van der Waals surface area contributed by atoms with Crippen molar-refractivity contribution in [3.8, 4) is 0 Å². The maximum absolute atomic E-state index is 12.2. The van der Waals surface area contributed by atoms with Gasteiger partial charge in [0.1, 0.15) is 0 Å². The molecular weight excluding hydrogens is 388 g/mol. The Hall–Kier alpha value is -3.00. The van der Waals surface area contributed by atoms with E-state index in [-0.39, 0.29) is 17.2 Å². The van der Waals surface area contributed by atoms with Gasteiger partial charge in [0.25, 0.3) is 5.56 Å². The summed E-state index contributed by atoms with van der Waals surface area (Å²) in [4.78, 5) is 38.4. The molecule has 0 spiro atoms. The third kappa shape index (κ3) is 5.51. The van der Waals surface area contributed by atoms with Crippen LogP contribution >= 0.6 is 11.3 Å². The number of hydrogen-bond donors (Lipinski definition) is 2. The predicted octanol–water partition coefficient (Wildman–Crippen LogP) is 3.30. The Balaban J connectivity index is 1.39. The zero-order valence-corrected chi connectivity index (χ0v) is 17.1. The van der Waals surface area contributed by atoms with Gasteiger partial charge in [-0.15, -0.1) is 11.3 Å². The van der Waals surface area contributed by atoms with Crippen LogP contribution < -0.4 is 10.9 Å². The van der Waals surface area contributed by atoms with Gasteiger partial charge in [0.05, 0.1) is 10.3 Å². The molecule has 0 saturated heterocycles. The number of aromatic amines is 1. The first-order valence-corrected chi connectivity index (χ1v) is 10.5. The first-order chi connectivity index (χ1) is 14.1. The number of rotatable bonds is 10. The van der Waals surface area contributed by atoms with Crippen LogP contribution in [-0.2, 0) is 4.79 Å².